The van der Waals surface area contributed by atoms with Gasteiger partial charge < -0.3 is 15.4 Å². The first kappa shape index (κ1) is 19.6. The smallest absolute Gasteiger partial charge is 0.251 e. The van der Waals surface area contributed by atoms with E-state index in [9.17, 15) is 9.59 Å². The number of amides is 2. The van der Waals surface area contributed by atoms with Crippen LogP contribution in [-0.2, 0) is 16.0 Å². The van der Waals surface area contributed by atoms with Gasteiger partial charge >= 0.3 is 0 Å². The quantitative estimate of drug-likeness (QED) is 0.634. The molecule has 0 saturated heterocycles. The zero-order valence-electron chi connectivity index (χ0n) is 15.8. The molecule has 0 spiro atoms. The molecule has 0 saturated carbocycles. The van der Waals surface area contributed by atoms with Crippen LogP contribution in [0.4, 0.5) is 5.69 Å². The van der Waals surface area contributed by atoms with Crippen LogP contribution in [0.3, 0.4) is 0 Å². The number of aryl methyl sites for hydroxylation is 1. The number of hydrogen-bond acceptors (Lipinski definition) is 4. The molecule has 0 fully saturated rings. The van der Waals surface area contributed by atoms with Crippen LogP contribution >= 0.6 is 11.3 Å². The molecule has 2 amide bonds. The average molecular weight is 394 g/mol. The van der Waals surface area contributed by atoms with Crippen LogP contribution in [0, 0.1) is 6.92 Å². The molecule has 2 aromatic carbocycles. The first-order valence-corrected chi connectivity index (χ1v) is 9.76. The third kappa shape index (κ3) is 5.20. The SMILES string of the molecule is COc1ccc(NC(=O)[C@@H](NC(=O)Cc2cccs2)c2ccc(C)cc2)cc1. The molecular formula is C22H22N2O3S. The normalized spacial score (nSPS) is 11.5. The summed E-state index contributed by atoms with van der Waals surface area (Å²) < 4.78 is 5.14. The molecule has 3 aromatic rings. The van der Waals surface area contributed by atoms with E-state index in [1.54, 1.807) is 31.4 Å². The Bertz CT molecular complexity index is 919. The number of thiophene rings is 1. The van der Waals surface area contributed by atoms with Crippen molar-refractivity contribution in [3.63, 3.8) is 0 Å². The van der Waals surface area contributed by atoms with Crippen molar-refractivity contribution in [2.45, 2.75) is 19.4 Å². The van der Waals surface area contributed by atoms with E-state index >= 15 is 0 Å². The maximum absolute atomic E-state index is 12.9. The summed E-state index contributed by atoms with van der Waals surface area (Å²) in [6.45, 7) is 1.98. The van der Waals surface area contributed by atoms with Gasteiger partial charge in [0.25, 0.3) is 5.91 Å². The van der Waals surface area contributed by atoms with Crippen LogP contribution in [0.2, 0.25) is 0 Å². The molecule has 3 rings (SSSR count). The lowest BCUT2D eigenvalue weighted by atomic mass is 10.0. The van der Waals surface area contributed by atoms with E-state index in [1.165, 1.54) is 11.3 Å². The zero-order valence-corrected chi connectivity index (χ0v) is 16.6. The molecule has 0 aliphatic carbocycles. The molecule has 1 atom stereocenters. The first-order chi connectivity index (χ1) is 13.5. The van der Waals surface area contributed by atoms with Gasteiger partial charge in [0, 0.05) is 10.6 Å². The second kappa shape index (κ2) is 9.19. The van der Waals surface area contributed by atoms with Gasteiger partial charge in [-0.15, -0.1) is 11.3 Å². The maximum Gasteiger partial charge on any atom is 0.251 e. The monoisotopic (exact) mass is 394 g/mol. The number of anilines is 1. The molecule has 2 N–H and O–H groups in total. The minimum absolute atomic E-state index is 0.196. The molecule has 0 aliphatic rings. The van der Waals surface area contributed by atoms with Crippen molar-refractivity contribution in [3.8, 4) is 5.75 Å². The summed E-state index contributed by atoms with van der Waals surface area (Å²) >= 11 is 1.52. The van der Waals surface area contributed by atoms with Gasteiger partial charge in [-0.05, 0) is 48.2 Å². The van der Waals surface area contributed by atoms with Crippen molar-refractivity contribution in [2.75, 3.05) is 12.4 Å². The Balaban J connectivity index is 1.76. The van der Waals surface area contributed by atoms with Crippen molar-refractivity contribution in [1.29, 1.82) is 0 Å². The number of nitrogens with one attached hydrogen (secondary N) is 2. The Labute approximate surface area is 168 Å². The Morgan fingerprint density at radius 2 is 1.75 bits per heavy atom. The molecule has 5 nitrogen and oxygen atoms in total. The van der Waals surface area contributed by atoms with Crippen molar-refractivity contribution in [2.24, 2.45) is 0 Å². The Kier molecular flexibility index (Phi) is 6.45. The Hall–Kier alpha value is -3.12. The van der Waals surface area contributed by atoms with Crippen molar-refractivity contribution in [1.82, 2.24) is 5.32 Å². The molecule has 0 bridgehead atoms. The van der Waals surface area contributed by atoms with Crippen molar-refractivity contribution in [3.05, 3.63) is 82.0 Å². The molecule has 1 aromatic heterocycles. The summed E-state index contributed by atoms with van der Waals surface area (Å²) in [5, 5.41) is 7.66. The number of rotatable bonds is 7. The highest BCUT2D eigenvalue weighted by atomic mass is 32.1. The third-order valence-corrected chi connectivity index (χ3v) is 5.13. The average Bonchev–Trinajstić information content (AvgIpc) is 3.20. The van der Waals surface area contributed by atoms with Crippen LogP contribution < -0.4 is 15.4 Å². The summed E-state index contributed by atoms with van der Waals surface area (Å²) in [4.78, 5) is 26.4. The lowest BCUT2D eigenvalue weighted by Crippen LogP contribution is -2.37. The van der Waals surface area contributed by atoms with Crippen LogP contribution in [0.5, 0.6) is 5.75 Å². The lowest BCUT2D eigenvalue weighted by molar-refractivity contribution is -0.126. The predicted octanol–water partition coefficient (Wildman–Crippen LogP) is 4.10. The van der Waals surface area contributed by atoms with Gasteiger partial charge in [-0.2, -0.15) is 0 Å². The fourth-order valence-corrected chi connectivity index (χ4v) is 3.43. The molecular weight excluding hydrogens is 372 g/mol. The van der Waals surface area contributed by atoms with Crippen LogP contribution in [0.15, 0.2) is 66.0 Å². The van der Waals surface area contributed by atoms with Crippen LogP contribution in [0.25, 0.3) is 0 Å². The molecule has 28 heavy (non-hydrogen) atoms. The van der Waals surface area contributed by atoms with Crippen molar-refractivity contribution < 1.29 is 14.3 Å². The molecule has 0 radical (unpaired) electrons. The van der Waals surface area contributed by atoms with E-state index in [-0.39, 0.29) is 18.2 Å². The minimum atomic E-state index is -0.782. The molecule has 144 valence electrons. The first-order valence-electron chi connectivity index (χ1n) is 8.88. The number of methoxy groups -OCH3 is 1. The number of carbonyl (C=O) groups is 2. The van der Waals surface area contributed by atoms with Crippen molar-refractivity contribution >= 4 is 28.8 Å². The lowest BCUT2D eigenvalue weighted by Gasteiger charge is -2.19. The summed E-state index contributed by atoms with van der Waals surface area (Å²) in [6, 6.07) is 17.7. The van der Waals surface area contributed by atoms with E-state index in [0.717, 1.165) is 16.0 Å². The predicted molar refractivity (Wildman–Crippen MR) is 112 cm³/mol. The second-order valence-corrected chi connectivity index (χ2v) is 7.42. The summed E-state index contributed by atoms with van der Waals surface area (Å²) in [5.41, 5.74) is 2.45. The highest BCUT2D eigenvalue weighted by molar-refractivity contribution is 7.10. The number of ether oxygens (including phenoxy) is 1. The van der Waals surface area contributed by atoms with E-state index in [4.69, 9.17) is 4.74 Å². The van der Waals surface area contributed by atoms with E-state index in [2.05, 4.69) is 10.6 Å². The fraction of sp³-hybridized carbons (Fsp3) is 0.182. The highest BCUT2D eigenvalue weighted by Gasteiger charge is 2.23. The Morgan fingerprint density at radius 3 is 2.36 bits per heavy atom. The van der Waals surface area contributed by atoms with Gasteiger partial charge in [0.1, 0.15) is 11.8 Å². The largest absolute Gasteiger partial charge is 0.497 e. The highest BCUT2D eigenvalue weighted by Crippen LogP contribution is 2.20. The van der Waals surface area contributed by atoms with Gasteiger partial charge in [0.2, 0.25) is 5.91 Å². The fourth-order valence-electron chi connectivity index (χ4n) is 2.73. The topological polar surface area (TPSA) is 67.4 Å². The summed E-state index contributed by atoms with van der Waals surface area (Å²) in [7, 11) is 1.59. The molecule has 0 unspecified atom stereocenters. The molecule has 0 aliphatic heterocycles. The van der Waals surface area contributed by atoms with E-state index in [1.807, 2.05) is 48.7 Å². The number of hydrogen-bond donors (Lipinski definition) is 2. The minimum Gasteiger partial charge on any atom is -0.497 e. The van der Waals surface area contributed by atoms with Crippen LogP contribution in [-0.4, -0.2) is 18.9 Å². The van der Waals surface area contributed by atoms with Gasteiger partial charge in [-0.25, -0.2) is 0 Å². The van der Waals surface area contributed by atoms with E-state index < -0.39 is 6.04 Å². The van der Waals surface area contributed by atoms with Crippen LogP contribution in [0.1, 0.15) is 22.0 Å². The van der Waals surface area contributed by atoms with Gasteiger partial charge in [-0.1, -0.05) is 35.9 Å². The summed E-state index contributed by atoms with van der Waals surface area (Å²) in [5.74, 6) is 0.212. The molecule has 1 heterocycles. The summed E-state index contributed by atoms with van der Waals surface area (Å²) in [6.07, 6.45) is 0.246. The number of benzene rings is 2. The molecule has 6 heteroatoms. The maximum atomic E-state index is 12.9. The van der Waals surface area contributed by atoms with Gasteiger partial charge in [0.05, 0.1) is 13.5 Å². The zero-order chi connectivity index (χ0) is 19.9. The van der Waals surface area contributed by atoms with E-state index in [0.29, 0.717) is 11.4 Å². The second-order valence-electron chi connectivity index (χ2n) is 6.39. The van der Waals surface area contributed by atoms with Gasteiger partial charge in [0.15, 0.2) is 0 Å². The van der Waals surface area contributed by atoms with Gasteiger partial charge in [-0.3, -0.25) is 9.59 Å². The Morgan fingerprint density at radius 1 is 1.04 bits per heavy atom. The number of carbonyl (C=O) groups excluding carboxylic acids is 2. The standard InChI is InChI=1S/C22H22N2O3S/c1-15-5-7-16(8-6-15)21(24-20(25)14-19-4-3-13-28-19)22(26)23-17-9-11-18(27-2)12-10-17/h3-13,21H,14H2,1-2H3,(H,23,26)(H,24,25)/t21-/m0/s1. The third-order valence-electron chi connectivity index (χ3n) is 4.25.